The maximum absolute atomic E-state index is 5.89. The SMILES string of the molecule is C=Cc1ccccc1OC1=Cc2ccccc21. The Labute approximate surface area is 101 Å². The Hall–Kier alpha value is -2.28. The van der Waals surface area contributed by atoms with E-state index < -0.39 is 0 Å². The predicted molar refractivity (Wildman–Crippen MR) is 71.5 cm³/mol. The van der Waals surface area contributed by atoms with Crippen molar-refractivity contribution in [2.75, 3.05) is 0 Å². The fourth-order valence-electron chi connectivity index (χ4n) is 1.93. The lowest BCUT2D eigenvalue weighted by molar-refractivity contribution is 0.513. The molecule has 1 nitrogen and oxygen atoms in total. The smallest absolute Gasteiger partial charge is 0.135 e. The molecule has 0 heterocycles. The summed E-state index contributed by atoms with van der Waals surface area (Å²) in [6.07, 6.45) is 3.86. The highest BCUT2D eigenvalue weighted by Crippen LogP contribution is 2.35. The second kappa shape index (κ2) is 3.95. The minimum atomic E-state index is 0.850. The molecule has 0 spiro atoms. The number of benzene rings is 2. The standard InChI is InChI=1S/C16H12O/c1-2-12-7-4-6-10-15(12)17-16-11-13-8-3-5-9-14(13)16/h2-11H,1H2. The Kier molecular flexibility index (Phi) is 2.30. The van der Waals surface area contributed by atoms with Gasteiger partial charge in [-0.25, -0.2) is 0 Å². The number of hydrogen-bond acceptors (Lipinski definition) is 1. The summed E-state index contributed by atoms with van der Waals surface area (Å²) in [6, 6.07) is 16.1. The monoisotopic (exact) mass is 220 g/mol. The number of ether oxygens (including phenoxy) is 1. The summed E-state index contributed by atoms with van der Waals surface area (Å²) < 4.78 is 5.89. The zero-order chi connectivity index (χ0) is 11.7. The van der Waals surface area contributed by atoms with E-state index in [1.807, 2.05) is 36.4 Å². The zero-order valence-corrected chi connectivity index (χ0v) is 9.39. The van der Waals surface area contributed by atoms with Gasteiger partial charge in [-0.1, -0.05) is 55.1 Å². The molecule has 1 aliphatic rings. The highest BCUT2D eigenvalue weighted by Gasteiger charge is 2.17. The molecule has 0 bridgehead atoms. The van der Waals surface area contributed by atoms with E-state index >= 15 is 0 Å². The summed E-state index contributed by atoms with van der Waals surface area (Å²) >= 11 is 0. The fraction of sp³-hybridized carbons (Fsp3) is 0. The molecule has 0 N–H and O–H groups in total. The molecule has 82 valence electrons. The van der Waals surface area contributed by atoms with E-state index in [0.717, 1.165) is 17.1 Å². The van der Waals surface area contributed by atoms with E-state index in [1.165, 1.54) is 11.1 Å². The first-order chi connectivity index (χ1) is 8.38. The van der Waals surface area contributed by atoms with Crippen LogP contribution in [-0.4, -0.2) is 0 Å². The van der Waals surface area contributed by atoms with Gasteiger partial charge in [0, 0.05) is 11.1 Å². The number of rotatable bonds is 3. The van der Waals surface area contributed by atoms with Crippen molar-refractivity contribution in [2.24, 2.45) is 0 Å². The van der Waals surface area contributed by atoms with Gasteiger partial charge in [0.05, 0.1) is 0 Å². The Bertz CT molecular complexity index is 608. The lowest BCUT2D eigenvalue weighted by atomic mass is 9.96. The Morgan fingerprint density at radius 3 is 2.53 bits per heavy atom. The summed E-state index contributed by atoms with van der Waals surface area (Å²) in [4.78, 5) is 0. The van der Waals surface area contributed by atoms with Crippen LogP contribution in [0.1, 0.15) is 16.7 Å². The summed E-state index contributed by atoms with van der Waals surface area (Å²) in [7, 11) is 0. The number of hydrogen-bond donors (Lipinski definition) is 0. The molecule has 0 fully saturated rings. The quantitative estimate of drug-likeness (QED) is 0.752. The van der Waals surface area contributed by atoms with Crippen LogP contribution in [0.2, 0.25) is 0 Å². The van der Waals surface area contributed by atoms with Crippen molar-refractivity contribution in [3.8, 4) is 5.75 Å². The van der Waals surface area contributed by atoms with E-state index in [4.69, 9.17) is 4.74 Å². The molecule has 0 radical (unpaired) electrons. The van der Waals surface area contributed by atoms with Gasteiger partial charge in [0.25, 0.3) is 0 Å². The van der Waals surface area contributed by atoms with Gasteiger partial charge in [-0.3, -0.25) is 0 Å². The van der Waals surface area contributed by atoms with E-state index in [1.54, 1.807) is 6.08 Å². The molecular formula is C16H12O. The Morgan fingerprint density at radius 1 is 0.941 bits per heavy atom. The molecule has 0 aliphatic heterocycles. The fourth-order valence-corrected chi connectivity index (χ4v) is 1.93. The lowest BCUT2D eigenvalue weighted by Crippen LogP contribution is -2.05. The summed E-state index contributed by atoms with van der Waals surface area (Å²) in [5, 5.41) is 0. The van der Waals surface area contributed by atoms with E-state index in [0.29, 0.717) is 0 Å². The van der Waals surface area contributed by atoms with Crippen LogP contribution in [0.3, 0.4) is 0 Å². The third kappa shape index (κ3) is 1.66. The molecule has 2 aromatic carbocycles. The van der Waals surface area contributed by atoms with Gasteiger partial charge in [0.2, 0.25) is 0 Å². The van der Waals surface area contributed by atoms with Gasteiger partial charge in [0.15, 0.2) is 0 Å². The normalized spacial score (nSPS) is 12.1. The van der Waals surface area contributed by atoms with Crippen LogP contribution in [-0.2, 0) is 0 Å². The van der Waals surface area contributed by atoms with Crippen molar-refractivity contribution in [3.05, 3.63) is 71.8 Å². The average Bonchev–Trinajstić information content (AvgIpc) is 2.36. The van der Waals surface area contributed by atoms with E-state index in [2.05, 4.69) is 24.8 Å². The molecule has 17 heavy (non-hydrogen) atoms. The van der Waals surface area contributed by atoms with Crippen LogP contribution in [0, 0.1) is 0 Å². The van der Waals surface area contributed by atoms with Crippen molar-refractivity contribution in [3.63, 3.8) is 0 Å². The molecule has 1 heteroatoms. The maximum atomic E-state index is 5.89. The largest absolute Gasteiger partial charge is 0.456 e. The first-order valence-electron chi connectivity index (χ1n) is 5.59. The molecule has 0 aromatic heterocycles. The summed E-state index contributed by atoms with van der Waals surface area (Å²) in [5.74, 6) is 1.78. The maximum Gasteiger partial charge on any atom is 0.135 e. The van der Waals surface area contributed by atoms with Crippen LogP contribution >= 0.6 is 0 Å². The third-order valence-electron chi connectivity index (χ3n) is 2.87. The van der Waals surface area contributed by atoms with Crippen LogP contribution in [0.4, 0.5) is 0 Å². The molecule has 0 saturated heterocycles. The molecule has 0 saturated carbocycles. The molecule has 0 unspecified atom stereocenters. The zero-order valence-electron chi connectivity index (χ0n) is 9.39. The van der Waals surface area contributed by atoms with Crippen molar-refractivity contribution in [1.82, 2.24) is 0 Å². The second-order valence-corrected chi connectivity index (χ2v) is 3.94. The van der Waals surface area contributed by atoms with Gasteiger partial charge in [-0.05, 0) is 17.7 Å². The molecule has 3 rings (SSSR count). The van der Waals surface area contributed by atoms with Gasteiger partial charge in [-0.2, -0.15) is 0 Å². The van der Waals surface area contributed by atoms with E-state index in [9.17, 15) is 0 Å². The van der Waals surface area contributed by atoms with Crippen LogP contribution in [0.25, 0.3) is 17.9 Å². The van der Waals surface area contributed by atoms with Crippen molar-refractivity contribution in [2.45, 2.75) is 0 Å². The first kappa shape index (κ1) is 9.91. The van der Waals surface area contributed by atoms with Crippen molar-refractivity contribution >= 4 is 17.9 Å². The summed E-state index contributed by atoms with van der Waals surface area (Å²) in [6.45, 7) is 3.79. The predicted octanol–water partition coefficient (Wildman–Crippen LogP) is 4.22. The van der Waals surface area contributed by atoms with Crippen LogP contribution in [0.5, 0.6) is 5.75 Å². The minimum absolute atomic E-state index is 0.850. The molecule has 1 aliphatic carbocycles. The molecule has 2 aromatic rings. The van der Waals surface area contributed by atoms with Gasteiger partial charge >= 0.3 is 0 Å². The highest BCUT2D eigenvalue weighted by molar-refractivity contribution is 5.93. The Morgan fingerprint density at radius 2 is 1.71 bits per heavy atom. The van der Waals surface area contributed by atoms with Gasteiger partial charge in [0.1, 0.15) is 11.5 Å². The van der Waals surface area contributed by atoms with E-state index in [-0.39, 0.29) is 0 Å². The Balaban J connectivity index is 1.89. The lowest BCUT2D eigenvalue weighted by Gasteiger charge is -2.20. The second-order valence-electron chi connectivity index (χ2n) is 3.94. The molecular weight excluding hydrogens is 208 g/mol. The average molecular weight is 220 g/mol. The number of para-hydroxylation sites is 1. The highest BCUT2D eigenvalue weighted by atomic mass is 16.5. The van der Waals surface area contributed by atoms with Gasteiger partial charge in [-0.15, -0.1) is 0 Å². The van der Waals surface area contributed by atoms with Gasteiger partial charge < -0.3 is 4.74 Å². The topological polar surface area (TPSA) is 9.23 Å². The molecule has 0 amide bonds. The first-order valence-corrected chi connectivity index (χ1v) is 5.59. The van der Waals surface area contributed by atoms with Crippen LogP contribution in [0.15, 0.2) is 55.1 Å². The summed E-state index contributed by atoms with van der Waals surface area (Å²) in [5.41, 5.74) is 3.42. The van der Waals surface area contributed by atoms with Crippen molar-refractivity contribution < 1.29 is 4.74 Å². The minimum Gasteiger partial charge on any atom is -0.456 e. The van der Waals surface area contributed by atoms with Crippen LogP contribution < -0.4 is 4.74 Å². The van der Waals surface area contributed by atoms with Crippen molar-refractivity contribution in [1.29, 1.82) is 0 Å². The third-order valence-corrected chi connectivity index (χ3v) is 2.87. The number of fused-ring (bicyclic) bond motifs is 1. The molecule has 0 atom stereocenters.